The Kier molecular flexibility index (Phi) is 30.0. The molecule has 0 bridgehead atoms. The molecule has 5 unspecified atom stereocenters. The molecule has 524 valence electrons. The van der Waals surface area contributed by atoms with Crippen LogP contribution in [0.4, 0.5) is 5.69 Å². The Bertz CT molecular complexity index is 4010. The zero-order valence-corrected chi connectivity index (χ0v) is 62.5. The van der Waals surface area contributed by atoms with Crippen molar-refractivity contribution >= 4 is 106 Å². The summed E-state index contributed by atoms with van der Waals surface area (Å²) in [6.07, 6.45) is 5.92. The number of halogens is 4. The third-order valence-corrected chi connectivity index (χ3v) is 18.1. The number of nitrogens with zero attached hydrogens (tertiary/aromatic N) is 3. The quantitative estimate of drug-likeness (QED) is 0.0357. The van der Waals surface area contributed by atoms with Crippen LogP contribution in [0, 0.1) is 5.92 Å². The van der Waals surface area contributed by atoms with E-state index < -0.39 is 45.1 Å². The molecule has 0 amide bonds. The van der Waals surface area contributed by atoms with Crippen molar-refractivity contribution in [2.24, 2.45) is 5.92 Å². The number of ether oxygens (including phenoxy) is 9. The fourth-order valence-corrected chi connectivity index (χ4v) is 13.7. The van der Waals surface area contributed by atoms with Crippen molar-refractivity contribution in [1.29, 1.82) is 0 Å². The molecule has 0 spiro atoms. The van der Waals surface area contributed by atoms with E-state index in [-0.39, 0.29) is 68.7 Å². The number of aliphatic hydroxyl groups excluding tert-OH is 1. The molecule has 99 heavy (non-hydrogen) atoms. The Labute approximate surface area is 602 Å². The van der Waals surface area contributed by atoms with Gasteiger partial charge in [-0.25, -0.2) is 14.4 Å². The number of carbonyl (C=O) groups is 6. The number of methoxy groups -OCH3 is 3. The van der Waals surface area contributed by atoms with Crippen molar-refractivity contribution in [1.82, 2.24) is 9.13 Å². The summed E-state index contributed by atoms with van der Waals surface area (Å²) >= 11 is 12.2. The average Bonchev–Trinajstić information content (AvgIpc) is 1.59. The molecule has 0 aliphatic heterocycles. The maximum atomic E-state index is 12.8. The van der Waals surface area contributed by atoms with E-state index in [1.54, 1.807) is 113 Å². The molecule has 0 saturated heterocycles. The Balaban J connectivity index is 0.000000185. The summed E-state index contributed by atoms with van der Waals surface area (Å²) in [7, 11) is 14.7. The fourth-order valence-electron chi connectivity index (χ4n) is 13.2. The molecular weight excluding hydrogens is 1410 g/mol. The fraction of sp³-hybridized carbons (Fsp3) is 0.387. The van der Waals surface area contributed by atoms with Crippen LogP contribution in [0.15, 0.2) is 140 Å². The van der Waals surface area contributed by atoms with Gasteiger partial charge in [-0.15, -0.1) is 0 Å². The molecule has 11 rings (SSSR count). The predicted molar refractivity (Wildman–Crippen MR) is 378 cm³/mol. The van der Waals surface area contributed by atoms with Crippen LogP contribution >= 0.6 is 42.6 Å². The van der Waals surface area contributed by atoms with Gasteiger partial charge in [0, 0.05) is 34.3 Å². The van der Waals surface area contributed by atoms with Gasteiger partial charge in [-0.1, -0.05) is 84.2 Å². The van der Waals surface area contributed by atoms with Crippen LogP contribution < -0.4 is 19.1 Å². The first-order valence-electron chi connectivity index (χ1n) is 33.2. The van der Waals surface area contributed by atoms with Crippen LogP contribution in [-0.2, 0) is 83.9 Å². The predicted octanol–water partition coefficient (Wildman–Crippen LogP) is 15.1. The molecule has 1 fully saturated rings. The van der Waals surface area contributed by atoms with Gasteiger partial charge in [0.25, 0.3) is 0 Å². The Hall–Kier alpha value is -7.84. The molecule has 24 heteroatoms. The third kappa shape index (κ3) is 19.4. The van der Waals surface area contributed by atoms with E-state index in [1.807, 2.05) is 73.3 Å². The summed E-state index contributed by atoms with van der Waals surface area (Å²) in [4.78, 5) is 76.9. The van der Waals surface area contributed by atoms with Gasteiger partial charge in [-0.2, -0.15) is 0 Å². The summed E-state index contributed by atoms with van der Waals surface area (Å²) in [5.41, 5.74) is 8.01. The number of esters is 6. The zero-order chi connectivity index (χ0) is 71.0. The molecule has 1 N–H and O–H groups in total. The minimum absolute atomic E-state index is 0.0779. The average molecular weight is 1490 g/mol. The number of hydrogen-bond donors (Lipinski definition) is 1. The van der Waals surface area contributed by atoms with Gasteiger partial charge in [0.1, 0.15) is 37.1 Å². The number of anilines is 1. The maximum absolute atomic E-state index is 12.8. The van der Waals surface area contributed by atoms with Crippen LogP contribution in [0.1, 0.15) is 131 Å². The first-order valence-corrected chi connectivity index (χ1v) is 41.8. The van der Waals surface area contributed by atoms with Crippen molar-refractivity contribution < 1.29 is 91.7 Å². The second-order valence-electron chi connectivity index (χ2n) is 23.2. The van der Waals surface area contributed by atoms with Crippen molar-refractivity contribution in [3.05, 3.63) is 189 Å². The van der Waals surface area contributed by atoms with Crippen LogP contribution in [0.3, 0.4) is 0 Å². The van der Waals surface area contributed by atoms with Gasteiger partial charge in [-0.05, 0) is 156 Å². The molecular formula is C75H83Cl4N3O16Zn. The van der Waals surface area contributed by atoms with Crippen LogP contribution in [0.5, 0.6) is 17.2 Å². The topological polar surface area (TPSA) is 219 Å². The summed E-state index contributed by atoms with van der Waals surface area (Å²) in [5.74, 6) is -1.20. The molecule has 6 aromatic carbocycles. The monoisotopic (exact) mass is 1490 g/mol. The van der Waals surface area contributed by atoms with Crippen LogP contribution in [0.2, 0.25) is 10.0 Å². The van der Waals surface area contributed by atoms with Gasteiger partial charge in [-0.3, -0.25) is 14.4 Å². The van der Waals surface area contributed by atoms with Gasteiger partial charge in [0.2, 0.25) is 0 Å². The molecule has 8 aromatic rings. The zero-order valence-electron chi connectivity index (χ0n) is 56.5. The van der Waals surface area contributed by atoms with Gasteiger partial charge < -0.3 is 61.8 Å². The Morgan fingerprint density at radius 2 is 1.00 bits per heavy atom. The van der Waals surface area contributed by atoms with Gasteiger partial charge >= 0.3 is 70.3 Å². The van der Waals surface area contributed by atoms with Crippen molar-refractivity contribution in [2.45, 2.75) is 116 Å². The van der Waals surface area contributed by atoms with Crippen LogP contribution in [0.25, 0.3) is 21.8 Å². The molecule has 0 radical (unpaired) electrons. The third-order valence-electron chi connectivity index (χ3n) is 17.5. The van der Waals surface area contributed by atoms with E-state index >= 15 is 0 Å². The Morgan fingerprint density at radius 1 is 0.525 bits per heavy atom. The second kappa shape index (κ2) is 38.7. The van der Waals surface area contributed by atoms with Gasteiger partial charge in [0.15, 0.2) is 0 Å². The normalized spacial score (nSPS) is 16.5. The molecule has 1 saturated carbocycles. The van der Waals surface area contributed by atoms with Crippen LogP contribution in [-0.4, -0.2) is 130 Å². The number of fused-ring (bicyclic) bond motifs is 6. The van der Waals surface area contributed by atoms with E-state index in [0.29, 0.717) is 89.5 Å². The van der Waals surface area contributed by atoms with Gasteiger partial charge in [0.05, 0.1) is 134 Å². The van der Waals surface area contributed by atoms with E-state index in [4.69, 9.17) is 85.2 Å². The summed E-state index contributed by atoms with van der Waals surface area (Å²) in [6, 6.07) is 41.0. The molecule has 5 atom stereocenters. The van der Waals surface area contributed by atoms with Crippen molar-refractivity contribution in [2.75, 3.05) is 72.4 Å². The Morgan fingerprint density at radius 3 is 1.53 bits per heavy atom. The number of hydrogen-bond acceptors (Lipinski definition) is 17. The van der Waals surface area contributed by atoms with Crippen molar-refractivity contribution in [3.63, 3.8) is 0 Å². The molecule has 3 aliphatic carbocycles. The SMILES string of the molecule is CCOC(=O)C1CCCC(N(CCOC(=O)c2ccccc2)c2cc(OC)ccc2Cl)C1O.CCOC(=O)C1CCCc2c1c1c(OC)ccc(Cl)c1n2CCOC(=O)c1ccccc1.CCOC(=O)C1CCCc2c1c1ccc(OC)cc1n2CCOC(=O)c1ccccc1.[Cl][Zn][Cl]. The molecule has 19 nitrogen and oxygen atoms in total. The first-order chi connectivity index (χ1) is 48.1. The van der Waals surface area contributed by atoms with Crippen molar-refractivity contribution in [3.8, 4) is 17.2 Å². The number of aromatic nitrogens is 2. The summed E-state index contributed by atoms with van der Waals surface area (Å²) in [5, 5.41) is 14.0. The first kappa shape index (κ1) is 76.9. The van der Waals surface area contributed by atoms with E-state index in [2.05, 4.69) is 9.13 Å². The minimum atomic E-state index is -0.954. The second-order valence-corrected chi connectivity index (χ2v) is 28.7. The summed E-state index contributed by atoms with van der Waals surface area (Å²) < 4.78 is 53.1. The standard InChI is InChI=1S/C25H30ClNO6.C25H26ClNO5.C25H27NO5.2ClH.Zn/c1-3-32-25(30)19-10-7-11-21(23(19)28)27(22-16-18(31-2)12-13-20(22)26)14-15-33-24(29)17-8-5-4-6-9-17;1-3-31-25(29)17-10-7-11-19-21(17)22-20(30-2)13-12-18(26)23(22)27(19)14-15-32-24(28)16-8-5-4-6-9-16;1-3-30-25(28)20-10-7-11-21-23(20)19-13-12-18(29-2)16-22(19)26(21)14-15-31-24(27)17-8-5-4-6-9-17;;;/h4-6,8-9,12-13,16,19,21,23,28H,3,7,10-11,14-15H2,1-2H3;4-6,8-9,12-13,17H,3,7,10-11,14-15H2,1-2H3;4-6,8-9,12-13,16,20H,3,7,10-11,14-15H2,1-2H3;2*1H;/q;;;;;+2/p-2. The van der Waals surface area contributed by atoms with E-state index in [9.17, 15) is 33.9 Å². The summed E-state index contributed by atoms with van der Waals surface area (Å²) in [6.45, 7) is 8.05. The molecule has 2 aromatic heterocycles. The molecule has 2 heterocycles. The number of rotatable bonds is 23. The molecule has 3 aliphatic rings. The van der Waals surface area contributed by atoms with E-state index in [1.165, 1.54) is 0 Å². The number of benzene rings is 6. The van der Waals surface area contributed by atoms with E-state index in [0.717, 1.165) is 88.6 Å². The number of aliphatic hydroxyl groups is 1. The number of carbonyl (C=O) groups excluding carboxylic acids is 6.